The van der Waals surface area contributed by atoms with Gasteiger partial charge in [0.2, 0.25) is 6.10 Å². The van der Waals surface area contributed by atoms with Gasteiger partial charge in [0.15, 0.2) is 34.6 Å². The molecule has 502 valence electrons. The molecule has 22 heteroatoms. The second kappa shape index (κ2) is 30.8. The fourth-order valence-electron chi connectivity index (χ4n) is 11.5. The molecule has 0 spiro atoms. The van der Waals surface area contributed by atoms with Crippen LogP contribution in [0.15, 0.2) is 294 Å². The van der Waals surface area contributed by atoms with Crippen LogP contribution in [0.4, 0.5) is 5.13 Å². The van der Waals surface area contributed by atoms with Crippen molar-refractivity contribution in [2.45, 2.75) is 60.9 Å². The van der Waals surface area contributed by atoms with E-state index in [9.17, 15) is 18.0 Å². The molecular formula is C78H63N5O14S3. The summed E-state index contributed by atoms with van der Waals surface area (Å²) in [5, 5.41) is 11.9. The van der Waals surface area contributed by atoms with E-state index in [1.54, 1.807) is 115 Å². The van der Waals surface area contributed by atoms with Crippen LogP contribution in [0.3, 0.4) is 0 Å². The summed E-state index contributed by atoms with van der Waals surface area (Å²) in [6, 6.07) is 73.6. The second-order valence-electron chi connectivity index (χ2n) is 23.0. The summed E-state index contributed by atoms with van der Waals surface area (Å²) in [6.45, 7) is 4.10. The smallest absolute Gasteiger partial charge is 0.356 e. The van der Waals surface area contributed by atoms with Crippen LogP contribution < -0.4 is 20.1 Å². The number of oxime groups is 1. The highest BCUT2D eigenvalue weighted by Gasteiger charge is 2.55. The van der Waals surface area contributed by atoms with Gasteiger partial charge in [-0.15, -0.1) is 23.1 Å². The van der Waals surface area contributed by atoms with E-state index in [0.717, 1.165) is 65.5 Å². The molecule has 10 aromatic rings. The molecule has 3 atom stereocenters. The summed E-state index contributed by atoms with van der Waals surface area (Å²) in [5.74, 6) is -5.81. The molecule has 0 unspecified atom stereocenters. The maximum absolute atomic E-state index is 15.7. The SMILES string of the molecule is CC(=O)Oc1ccc([C@@H](ON=C(C(=O)N[C@H]2C(=O)N3C(C(=O)OC(c4ccccc4)c4ccccc4)=C(C=COS(=O)(=O)c4ccc(C)cc4)CS[C@@H]23)c2csc(NC(c3ccccc3)(c3ccccc3)c3ccccc3)n2)C(=O)OC(c2ccccc2)c2ccccc2)cc1OC(C)=O. The number of carbonyl (C=O) groups excluding carboxylic acids is 6. The first-order valence-electron chi connectivity index (χ1n) is 31.5. The third kappa shape index (κ3) is 15.3. The summed E-state index contributed by atoms with van der Waals surface area (Å²) in [5.41, 5.74) is 3.84. The van der Waals surface area contributed by atoms with Crippen LogP contribution in [0.1, 0.15) is 87.9 Å². The lowest BCUT2D eigenvalue weighted by Gasteiger charge is -2.49. The average molecular weight is 1390 g/mol. The average Bonchev–Trinajstić information content (AvgIpc) is 0.805. The Bertz CT molecular complexity index is 4640. The molecule has 1 fully saturated rings. The number of esters is 4. The minimum absolute atomic E-state index is 0.0312. The molecule has 0 aliphatic carbocycles. The molecule has 2 aliphatic heterocycles. The third-order valence-electron chi connectivity index (χ3n) is 16.2. The number of hydrogen-bond acceptors (Lipinski definition) is 19. The van der Waals surface area contributed by atoms with E-state index < -0.39 is 86.8 Å². The van der Waals surface area contributed by atoms with Crippen LogP contribution >= 0.6 is 23.1 Å². The Balaban J connectivity index is 0.946. The molecule has 2 N–H and O–H groups in total. The van der Waals surface area contributed by atoms with E-state index in [1.807, 2.05) is 122 Å². The lowest BCUT2D eigenvalue weighted by Crippen LogP contribution is -2.71. The highest BCUT2D eigenvalue weighted by Crippen LogP contribution is 2.44. The molecule has 0 saturated carbocycles. The summed E-state index contributed by atoms with van der Waals surface area (Å²) in [4.78, 5) is 98.6. The molecule has 9 aromatic carbocycles. The maximum Gasteiger partial charge on any atom is 0.356 e. The molecule has 12 rings (SSSR count). The number of aromatic nitrogens is 1. The zero-order valence-electron chi connectivity index (χ0n) is 53.9. The number of thioether (sulfide) groups is 1. The van der Waals surface area contributed by atoms with Crippen LogP contribution in [0.2, 0.25) is 0 Å². The van der Waals surface area contributed by atoms with E-state index >= 15 is 19.2 Å². The maximum atomic E-state index is 15.7. The van der Waals surface area contributed by atoms with Crippen molar-refractivity contribution in [3.63, 3.8) is 0 Å². The van der Waals surface area contributed by atoms with Gasteiger partial charge in [-0.1, -0.05) is 241 Å². The number of benzene rings is 9. The third-order valence-corrected chi connectivity index (χ3v) is 19.5. The zero-order chi connectivity index (χ0) is 69.8. The largest absolute Gasteiger partial charge is 0.449 e. The Labute approximate surface area is 584 Å². The topological polar surface area (TPSA) is 244 Å². The van der Waals surface area contributed by atoms with Crippen LogP contribution in [0.5, 0.6) is 11.5 Å². The number of amides is 2. The number of β-lactam (4-membered cyclic amide) rings is 1. The van der Waals surface area contributed by atoms with Crippen LogP contribution in [-0.4, -0.2) is 76.9 Å². The molecule has 0 bridgehead atoms. The predicted molar refractivity (Wildman–Crippen MR) is 377 cm³/mol. The first-order valence-corrected chi connectivity index (χ1v) is 34.8. The monoisotopic (exact) mass is 1390 g/mol. The number of thiazole rings is 1. The minimum atomic E-state index is -4.35. The number of anilines is 1. The van der Waals surface area contributed by atoms with Gasteiger partial charge in [-0.05, 0) is 81.8 Å². The van der Waals surface area contributed by atoms with Gasteiger partial charge in [-0.3, -0.25) is 24.1 Å². The Kier molecular flexibility index (Phi) is 21.0. The Morgan fingerprint density at radius 3 is 1.59 bits per heavy atom. The Morgan fingerprint density at radius 2 is 1.09 bits per heavy atom. The van der Waals surface area contributed by atoms with Crippen molar-refractivity contribution in [3.8, 4) is 11.5 Å². The Morgan fingerprint density at radius 1 is 0.610 bits per heavy atom. The number of rotatable bonds is 25. The summed E-state index contributed by atoms with van der Waals surface area (Å²) in [6.07, 6.45) is -1.71. The molecule has 19 nitrogen and oxygen atoms in total. The van der Waals surface area contributed by atoms with Gasteiger partial charge >= 0.3 is 34.0 Å². The predicted octanol–water partition coefficient (Wildman–Crippen LogP) is 13.4. The van der Waals surface area contributed by atoms with Gasteiger partial charge < -0.3 is 38.6 Å². The van der Waals surface area contributed by atoms with Gasteiger partial charge in [0.05, 0.1) is 0 Å². The summed E-state index contributed by atoms with van der Waals surface area (Å²) in [7, 11) is -4.35. The lowest BCUT2D eigenvalue weighted by molar-refractivity contribution is -0.162. The fourth-order valence-corrected chi connectivity index (χ4v) is 14.4. The fraction of sp³-hybridized carbons (Fsp3) is 0.128. The van der Waals surface area contributed by atoms with Crippen molar-refractivity contribution in [2.75, 3.05) is 11.1 Å². The highest BCUT2D eigenvalue weighted by atomic mass is 32.2. The molecule has 3 heterocycles. The minimum Gasteiger partial charge on any atom is -0.449 e. The number of allylic oxidation sites excluding steroid dienone is 1. The Hall–Kier alpha value is -11.7. The normalized spacial score (nSPS) is 14.9. The van der Waals surface area contributed by atoms with Gasteiger partial charge in [0.1, 0.15) is 39.5 Å². The van der Waals surface area contributed by atoms with E-state index in [-0.39, 0.29) is 49.8 Å². The molecule has 100 heavy (non-hydrogen) atoms. The van der Waals surface area contributed by atoms with Crippen molar-refractivity contribution < 1.29 is 65.2 Å². The zero-order valence-corrected chi connectivity index (χ0v) is 56.3. The lowest BCUT2D eigenvalue weighted by atomic mass is 9.77. The molecule has 1 aromatic heterocycles. The molecule has 2 aliphatic rings. The van der Waals surface area contributed by atoms with Crippen molar-refractivity contribution >= 4 is 79.8 Å². The van der Waals surface area contributed by atoms with Crippen molar-refractivity contribution in [3.05, 3.63) is 340 Å². The van der Waals surface area contributed by atoms with Gasteiger partial charge in [-0.2, -0.15) is 8.42 Å². The van der Waals surface area contributed by atoms with Crippen LogP contribution in [0, 0.1) is 6.92 Å². The van der Waals surface area contributed by atoms with Crippen LogP contribution in [0.25, 0.3) is 0 Å². The number of fused-ring (bicyclic) bond motifs is 1. The van der Waals surface area contributed by atoms with Crippen LogP contribution in [-0.2, 0) is 62.9 Å². The number of ether oxygens (including phenoxy) is 4. The molecule has 1 saturated heterocycles. The quantitative estimate of drug-likeness (QED) is 0.00789. The van der Waals surface area contributed by atoms with Crippen molar-refractivity contribution in [1.82, 2.24) is 15.2 Å². The molecular weight excluding hydrogens is 1330 g/mol. The molecule has 2 amide bonds. The summed E-state index contributed by atoms with van der Waals surface area (Å²) >= 11 is 2.27. The second-order valence-corrected chi connectivity index (χ2v) is 26.5. The van der Waals surface area contributed by atoms with E-state index in [2.05, 4.69) is 15.8 Å². The number of aryl methyl sites for hydroxylation is 1. The standard InChI is InChI=1S/C78H63N5O14S3/c1-50-39-42-62(43-40-50)100(90,91)92-46-45-58-48-98-74-67(73(87)83(74)68(58)75(88)95-69(53-25-11-4-12-26-53)54-27-13-5-14-28-54)80-72(86)66(63-49-99-77(79-63)81-78(59-33-19-8-20-34-59,60-35-21-9-22-36-60)61-37-23-10-24-38-61)82-97-71(57-41-44-64(93-51(2)84)65(47-57)94-52(3)85)76(89)96-70(55-29-15-6-16-30-55)56-31-17-7-18-32-56/h4-47,49,67,69-71,74H,48H2,1-3H3,(H,79,81)(H,80,86)/t67-,71+,74-/m0/s1. The molecule has 0 radical (unpaired) electrons. The van der Waals surface area contributed by atoms with Crippen molar-refractivity contribution in [2.24, 2.45) is 5.16 Å². The highest BCUT2D eigenvalue weighted by molar-refractivity contribution is 8.00. The van der Waals surface area contributed by atoms with Crippen molar-refractivity contribution in [1.29, 1.82) is 0 Å². The first kappa shape index (κ1) is 68.2. The van der Waals surface area contributed by atoms with E-state index in [0.29, 0.717) is 22.3 Å². The van der Waals surface area contributed by atoms with Gasteiger partial charge in [0.25, 0.3) is 11.8 Å². The first-order chi connectivity index (χ1) is 48.5. The number of nitrogens with one attached hydrogen (secondary N) is 2. The summed E-state index contributed by atoms with van der Waals surface area (Å²) < 4.78 is 55.9. The van der Waals surface area contributed by atoms with Gasteiger partial charge in [0, 0.05) is 30.5 Å². The number of carbonyl (C=O) groups is 6. The van der Waals surface area contributed by atoms with Gasteiger partial charge in [-0.25, -0.2) is 14.6 Å². The van der Waals surface area contributed by atoms with E-state index in [4.69, 9.17) is 33.0 Å². The number of hydrogen-bond donors (Lipinski definition) is 2. The number of nitrogens with zero attached hydrogens (tertiary/aromatic N) is 3. The van der Waals surface area contributed by atoms with E-state index in [1.165, 1.54) is 41.3 Å².